The molecule has 3 atom stereocenters. The number of rotatable bonds is 4. The Balaban J connectivity index is 1.63. The molecule has 3 rings (SSSR count). The second-order valence-corrected chi connectivity index (χ2v) is 7.30. The molecule has 2 saturated heterocycles. The maximum atomic E-state index is 13.1. The Kier molecular flexibility index (Phi) is 5.51. The van der Waals surface area contributed by atoms with Crippen molar-refractivity contribution in [2.45, 2.75) is 51.2 Å². The molecule has 0 spiro atoms. The van der Waals surface area contributed by atoms with Crippen molar-refractivity contribution in [1.82, 2.24) is 9.80 Å². The molecule has 1 aromatic carbocycles. The molecule has 0 aromatic heterocycles. The van der Waals surface area contributed by atoms with Gasteiger partial charge in [-0.05, 0) is 62.8 Å². The molecule has 2 aliphatic rings. The highest BCUT2D eigenvalue weighted by Gasteiger charge is 2.35. The Hall–Kier alpha value is -1.46. The Morgan fingerprint density at radius 3 is 2.67 bits per heavy atom. The van der Waals surface area contributed by atoms with E-state index >= 15 is 0 Å². The molecule has 1 aromatic rings. The fraction of sp³-hybridized carbons (Fsp3) is 0.632. The smallest absolute Gasteiger partial charge is 0.239 e. The summed E-state index contributed by atoms with van der Waals surface area (Å²) >= 11 is 0. The number of hydrogen-bond acceptors (Lipinski definition) is 3. The minimum Gasteiger partial charge on any atom is -0.341 e. The molecule has 132 valence electrons. The SMILES string of the molecule is C[C@H](N)[C@H]1CCCN(C(=O)[C@H]2CCCN2Cc2ccc(F)cc2)C1. The average Bonchev–Trinajstić information content (AvgIpc) is 3.04. The molecule has 2 heterocycles. The van der Waals surface area contributed by atoms with Gasteiger partial charge in [-0.1, -0.05) is 12.1 Å². The van der Waals surface area contributed by atoms with Gasteiger partial charge in [-0.15, -0.1) is 0 Å². The van der Waals surface area contributed by atoms with Crippen LogP contribution in [0.4, 0.5) is 4.39 Å². The highest BCUT2D eigenvalue weighted by molar-refractivity contribution is 5.82. The number of hydrogen-bond donors (Lipinski definition) is 1. The number of carbonyl (C=O) groups is 1. The second kappa shape index (κ2) is 7.62. The number of halogens is 1. The summed E-state index contributed by atoms with van der Waals surface area (Å²) in [5.74, 6) is 0.442. The van der Waals surface area contributed by atoms with Crippen molar-refractivity contribution in [2.24, 2.45) is 11.7 Å². The predicted molar refractivity (Wildman–Crippen MR) is 92.8 cm³/mol. The third-order valence-electron chi connectivity index (χ3n) is 5.46. The van der Waals surface area contributed by atoms with Gasteiger partial charge in [0.25, 0.3) is 0 Å². The lowest BCUT2D eigenvalue weighted by molar-refractivity contribution is -0.138. The zero-order chi connectivity index (χ0) is 17.1. The van der Waals surface area contributed by atoms with Crippen molar-refractivity contribution in [2.75, 3.05) is 19.6 Å². The molecule has 2 aliphatic heterocycles. The highest BCUT2D eigenvalue weighted by atomic mass is 19.1. The van der Waals surface area contributed by atoms with Crippen LogP contribution < -0.4 is 5.73 Å². The van der Waals surface area contributed by atoms with Crippen molar-refractivity contribution in [3.63, 3.8) is 0 Å². The number of carbonyl (C=O) groups excluding carboxylic acids is 1. The minimum absolute atomic E-state index is 0.0399. The predicted octanol–water partition coefficient (Wildman–Crippen LogP) is 2.38. The first-order valence-electron chi connectivity index (χ1n) is 9.07. The summed E-state index contributed by atoms with van der Waals surface area (Å²) < 4.78 is 13.1. The molecule has 0 saturated carbocycles. The number of likely N-dealkylation sites (tertiary alicyclic amines) is 2. The standard InChI is InChI=1S/C19H28FN3O/c1-14(21)16-4-2-11-23(13-16)19(24)18-5-3-10-22(18)12-15-6-8-17(20)9-7-15/h6-9,14,16,18H,2-5,10-13,21H2,1H3/t14-,16-,18+/m0/s1. The molecule has 1 amide bonds. The van der Waals surface area contributed by atoms with Gasteiger partial charge >= 0.3 is 0 Å². The molecule has 5 heteroatoms. The average molecular weight is 333 g/mol. The van der Waals surface area contributed by atoms with E-state index in [1.54, 1.807) is 0 Å². The number of nitrogens with zero attached hydrogens (tertiary/aromatic N) is 2. The van der Waals surface area contributed by atoms with Gasteiger partial charge in [0.05, 0.1) is 6.04 Å². The largest absolute Gasteiger partial charge is 0.341 e. The fourth-order valence-electron chi connectivity index (χ4n) is 3.97. The molecule has 0 unspecified atom stereocenters. The van der Waals surface area contributed by atoms with Gasteiger partial charge in [-0.3, -0.25) is 9.69 Å². The lowest BCUT2D eigenvalue weighted by Crippen LogP contribution is -2.51. The monoisotopic (exact) mass is 333 g/mol. The van der Waals surface area contributed by atoms with Gasteiger partial charge in [0.2, 0.25) is 5.91 Å². The molecule has 24 heavy (non-hydrogen) atoms. The van der Waals surface area contributed by atoms with E-state index in [9.17, 15) is 9.18 Å². The Morgan fingerprint density at radius 2 is 1.96 bits per heavy atom. The van der Waals surface area contributed by atoms with Gasteiger partial charge < -0.3 is 10.6 Å². The van der Waals surface area contributed by atoms with Crippen LogP contribution in [0.5, 0.6) is 0 Å². The zero-order valence-corrected chi connectivity index (χ0v) is 14.5. The molecule has 4 nitrogen and oxygen atoms in total. The maximum Gasteiger partial charge on any atom is 0.239 e. The Bertz CT molecular complexity index is 560. The van der Waals surface area contributed by atoms with Gasteiger partial charge in [0.1, 0.15) is 5.82 Å². The van der Waals surface area contributed by atoms with E-state index in [-0.39, 0.29) is 23.8 Å². The van der Waals surface area contributed by atoms with Gasteiger partial charge in [-0.2, -0.15) is 0 Å². The summed E-state index contributed by atoms with van der Waals surface area (Å²) in [5.41, 5.74) is 7.10. The second-order valence-electron chi connectivity index (χ2n) is 7.30. The molecule has 0 bridgehead atoms. The Labute approximate surface area is 143 Å². The van der Waals surface area contributed by atoms with Gasteiger partial charge in [0, 0.05) is 25.7 Å². The number of benzene rings is 1. The van der Waals surface area contributed by atoms with Crippen LogP contribution in [0.2, 0.25) is 0 Å². The summed E-state index contributed by atoms with van der Waals surface area (Å²) in [4.78, 5) is 17.3. The van der Waals surface area contributed by atoms with Crippen LogP contribution in [0.1, 0.15) is 38.2 Å². The number of amides is 1. The van der Waals surface area contributed by atoms with E-state index in [0.29, 0.717) is 12.5 Å². The topological polar surface area (TPSA) is 49.6 Å². The van der Waals surface area contributed by atoms with Gasteiger partial charge in [0.15, 0.2) is 0 Å². The van der Waals surface area contributed by atoms with Crippen LogP contribution in [0.3, 0.4) is 0 Å². The summed E-state index contributed by atoms with van der Waals surface area (Å²) in [6.07, 6.45) is 4.12. The minimum atomic E-state index is -0.219. The summed E-state index contributed by atoms with van der Waals surface area (Å²) in [6, 6.07) is 6.69. The van der Waals surface area contributed by atoms with E-state index in [1.165, 1.54) is 12.1 Å². The van der Waals surface area contributed by atoms with Crippen molar-refractivity contribution in [3.8, 4) is 0 Å². The third-order valence-corrected chi connectivity index (χ3v) is 5.46. The normalized spacial score (nSPS) is 26.5. The number of nitrogens with two attached hydrogens (primary N) is 1. The van der Waals surface area contributed by atoms with Crippen molar-refractivity contribution < 1.29 is 9.18 Å². The fourth-order valence-corrected chi connectivity index (χ4v) is 3.97. The Morgan fingerprint density at radius 1 is 1.25 bits per heavy atom. The lowest BCUT2D eigenvalue weighted by Gasteiger charge is -2.37. The highest BCUT2D eigenvalue weighted by Crippen LogP contribution is 2.25. The molecular weight excluding hydrogens is 305 g/mol. The van der Waals surface area contributed by atoms with Crippen LogP contribution >= 0.6 is 0 Å². The van der Waals surface area contributed by atoms with Crippen LogP contribution in [0.25, 0.3) is 0 Å². The molecule has 0 radical (unpaired) electrons. The van der Waals surface area contributed by atoms with E-state index in [0.717, 1.165) is 50.9 Å². The molecule has 2 N–H and O–H groups in total. The van der Waals surface area contributed by atoms with Crippen LogP contribution in [0.15, 0.2) is 24.3 Å². The third kappa shape index (κ3) is 3.95. The summed E-state index contributed by atoms with van der Waals surface area (Å²) in [6.45, 7) is 5.31. The van der Waals surface area contributed by atoms with Crippen LogP contribution in [0, 0.1) is 11.7 Å². The maximum absolute atomic E-state index is 13.1. The van der Waals surface area contributed by atoms with Crippen molar-refractivity contribution >= 4 is 5.91 Å². The zero-order valence-electron chi connectivity index (χ0n) is 14.5. The summed E-state index contributed by atoms with van der Waals surface area (Å²) in [5, 5.41) is 0. The van der Waals surface area contributed by atoms with E-state index in [2.05, 4.69) is 4.90 Å². The number of piperidine rings is 1. The van der Waals surface area contributed by atoms with Crippen molar-refractivity contribution in [1.29, 1.82) is 0 Å². The van der Waals surface area contributed by atoms with E-state index in [4.69, 9.17) is 5.73 Å². The molecule has 2 fully saturated rings. The first kappa shape index (κ1) is 17.4. The lowest BCUT2D eigenvalue weighted by atomic mass is 9.91. The molecular formula is C19H28FN3O. The van der Waals surface area contributed by atoms with Gasteiger partial charge in [-0.25, -0.2) is 4.39 Å². The summed E-state index contributed by atoms with van der Waals surface area (Å²) in [7, 11) is 0. The van der Waals surface area contributed by atoms with E-state index < -0.39 is 0 Å². The van der Waals surface area contributed by atoms with Crippen molar-refractivity contribution in [3.05, 3.63) is 35.6 Å². The molecule has 0 aliphatic carbocycles. The van der Waals surface area contributed by atoms with Crippen LogP contribution in [-0.2, 0) is 11.3 Å². The van der Waals surface area contributed by atoms with Crippen LogP contribution in [-0.4, -0.2) is 47.4 Å². The van der Waals surface area contributed by atoms with E-state index in [1.807, 2.05) is 24.0 Å². The first-order valence-corrected chi connectivity index (χ1v) is 9.07. The first-order chi connectivity index (χ1) is 11.5. The quantitative estimate of drug-likeness (QED) is 0.920.